The molecule has 0 saturated heterocycles. The maximum atomic E-state index is 13.8. The van der Waals surface area contributed by atoms with Crippen molar-refractivity contribution in [3.63, 3.8) is 0 Å². The summed E-state index contributed by atoms with van der Waals surface area (Å²) in [6, 6.07) is 11.3. The van der Waals surface area contributed by atoms with E-state index in [2.05, 4.69) is 10.1 Å². The van der Waals surface area contributed by atoms with Crippen molar-refractivity contribution in [1.82, 2.24) is 10.1 Å². The third-order valence-corrected chi connectivity index (χ3v) is 2.99. The Morgan fingerprint density at radius 3 is 2.55 bits per heavy atom. The van der Waals surface area contributed by atoms with Gasteiger partial charge < -0.3 is 10.3 Å². The van der Waals surface area contributed by atoms with Gasteiger partial charge in [-0.15, -0.1) is 0 Å². The Morgan fingerprint density at radius 2 is 1.85 bits per heavy atom. The van der Waals surface area contributed by atoms with Crippen LogP contribution in [0.2, 0.25) is 5.02 Å². The second-order valence-corrected chi connectivity index (χ2v) is 4.61. The standard InChI is InChI=1S/C14H9ClFN3O/c15-9-3-6-11(12(16)7-9)14-18-13(19-20-14)8-1-4-10(17)5-2-8/h1-7H,17H2. The number of rotatable bonds is 2. The highest BCUT2D eigenvalue weighted by Crippen LogP contribution is 2.26. The number of hydrogen-bond donors (Lipinski definition) is 1. The zero-order valence-corrected chi connectivity index (χ0v) is 10.9. The van der Waals surface area contributed by atoms with Crippen molar-refractivity contribution in [1.29, 1.82) is 0 Å². The lowest BCUT2D eigenvalue weighted by molar-refractivity contribution is 0.429. The highest BCUT2D eigenvalue weighted by molar-refractivity contribution is 6.30. The minimum Gasteiger partial charge on any atom is -0.399 e. The van der Waals surface area contributed by atoms with Crippen molar-refractivity contribution in [3.8, 4) is 22.8 Å². The molecule has 0 aliphatic carbocycles. The van der Waals surface area contributed by atoms with Gasteiger partial charge in [-0.3, -0.25) is 0 Å². The Kier molecular flexibility index (Phi) is 3.12. The second kappa shape index (κ2) is 4.94. The molecule has 3 aromatic rings. The van der Waals surface area contributed by atoms with Gasteiger partial charge in [-0.25, -0.2) is 4.39 Å². The van der Waals surface area contributed by atoms with Crippen LogP contribution < -0.4 is 5.73 Å². The fourth-order valence-corrected chi connectivity index (χ4v) is 1.90. The summed E-state index contributed by atoms with van der Waals surface area (Å²) in [5, 5.41) is 4.14. The van der Waals surface area contributed by atoms with Gasteiger partial charge in [-0.2, -0.15) is 4.98 Å². The first-order chi connectivity index (χ1) is 9.63. The molecular formula is C14H9ClFN3O. The average molecular weight is 290 g/mol. The first kappa shape index (κ1) is 12.6. The van der Waals surface area contributed by atoms with Crippen molar-refractivity contribution in [3.05, 3.63) is 53.3 Å². The summed E-state index contributed by atoms with van der Waals surface area (Å²) in [6.45, 7) is 0. The predicted molar refractivity (Wildman–Crippen MR) is 74.6 cm³/mol. The Labute approximate surface area is 119 Å². The van der Waals surface area contributed by atoms with Gasteiger partial charge in [0.15, 0.2) is 0 Å². The average Bonchev–Trinajstić information content (AvgIpc) is 2.89. The Morgan fingerprint density at radius 1 is 1.10 bits per heavy atom. The molecule has 0 saturated carbocycles. The van der Waals surface area contributed by atoms with Gasteiger partial charge in [0.25, 0.3) is 5.89 Å². The molecule has 0 amide bonds. The minimum absolute atomic E-state index is 0.103. The van der Waals surface area contributed by atoms with E-state index in [1.807, 2.05) is 0 Å². The number of nitrogens with two attached hydrogens (primary N) is 1. The van der Waals surface area contributed by atoms with Gasteiger partial charge >= 0.3 is 0 Å². The van der Waals surface area contributed by atoms with E-state index in [1.54, 1.807) is 30.3 Å². The van der Waals surface area contributed by atoms with Crippen molar-refractivity contribution in [2.75, 3.05) is 5.73 Å². The maximum Gasteiger partial charge on any atom is 0.261 e. The Balaban J connectivity index is 1.99. The van der Waals surface area contributed by atoms with Crippen LogP contribution in [0, 0.1) is 5.82 Å². The molecule has 6 heteroatoms. The van der Waals surface area contributed by atoms with Crippen molar-refractivity contribution >= 4 is 17.3 Å². The van der Waals surface area contributed by atoms with E-state index in [0.29, 0.717) is 16.5 Å². The Hall–Kier alpha value is -2.40. The molecule has 0 aliphatic rings. The van der Waals surface area contributed by atoms with Crippen molar-refractivity contribution in [2.24, 2.45) is 0 Å². The van der Waals surface area contributed by atoms with Crippen LogP contribution in [0.4, 0.5) is 10.1 Å². The number of halogens is 2. The third-order valence-electron chi connectivity index (χ3n) is 2.76. The number of anilines is 1. The van der Waals surface area contributed by atoms with E-state index in [9.17, 15) is 4.39 Å². The Bertz CT molecular complexity index is 755. The smallest absolute Gasteiger partial charge is 0.261 e. The molecule has 3 rings (SSSR count). The SMILES string of the molecule is Nc1ccc(-c2noc(-c3ccc(Cl)cc3F)n2)cc1. The quantitative estimate of drug-likeness (QED) is 0.729. The molecule has 20 heavy (non-hydrogen) atoms. The van der Waals surface area contributed by atoms with Crippen LogP contribution in [0.5, 0.6) is 0 Å². The molecule has 0 unspecified atom stereocenters. The molecule has 0 radical (unpaired) electrons. The fourth-order valence-electron chi connectivity index (χ4n) is 1.75. The third kappa shape index (κ3) is 2.35. The van der Waals surface area contributed by atoms with Gasteiger partial charge in [-0.1, -0.05) is 16.8 Å². The maximum absolute atomic E-state index is 13.8. The van der Waals surface area contributed by atoms with Crippen LogP contribution in [0.1, 0.15) is 0 Å². The van der Waals surface area contributed by atoms with E-state index in [4.69, 9.17) is 21.9 Å². The van der Waals surface area contributed by atoms with E-state index in [0.717, 1.165) is 5.56 Å². The van der Waals surface area contributed by atoms with E-state index < -0.39 is 5.82 Å². The number of benzene rings is 2. The lowest BCUT2D eigenvalue weighted by Crippen LogP contribution is -1.86. The fraction of sp³-hybridized carbons (Fsp3) is 0. The molecule has 4 nitrogen and oxygen atoms in total. The summed E-state index contributed by atoms with van der Waals surface area (Å²) in [7, 11) is 0. The molecule has 100 valence electrons. The zero-order chi connectivity index (χ0) is 14.1. The molecular weight excluding hydrogens is 281 g/mol. The topological polar surface area (TPSA) is 64.9 Å². The van der Waals surface area contributed by atoms with Gasteiger partial charge in [-0.05, 0) is 42.5 Å². The lowest BCUT2D eigenvalue weighted by atomic mass is 10.2. The summed E-state index contributed by atoms with van der Waals surface area (Å²) in [5.41, 5.74) is 7.20. The molecule has 2 N–H and O–H groups in total. The molecule has 0 fully saturated rings. The monoisotopic (exact) mass is 289 g/mol. The summed E-state index contributed by atoms with van der Waals surface area (Å²) >= 11 is 5.70. The molecule has 0 spiro atoms. The van der Waals surface area contributed by atoms with E-state index in [1.165, 1.54) is 12.1 Å². The molecule has 1 heterocycles. The lowest BCUT2D eigenvalue weighted by Gasteiger charge is -1.97. The van der Waals surface area contributed by atoms with Crippen LogP contribution >= 0.6 is 11.6 Å². The molecule has 0 aliphatic heterocycles. The zero-order valence-electron chi connectivity index (χ0n) is 10.2. The summed E-state index contributed by atoms with van der Waals surface area (Å²) in [4.78, 5) is 4.17. The highest BCUT2D eigenvalue weighted by Gasteiger charge is 2.14. The molecule has 2 aromatic carbocycles. The summed E-state index contributed by atoms with van der Waals surface area (Å²) in [5.74, 6) is -0.0367. The minimum atomic E-state index is -0.509. The second-order valence-electron chi connectivity index (χ2n) is 4.17. The van der Waals surface area contributed by atoms with Crippen LogP contribution in [0.25, 0.3) is 22.8 Å². The number of aromatic nitrogens is 2. The van der Waals surface area contributed by atoms with Crippen LogP contribution in [-0.2, 0) is 0 Å². The van der Waals surface area contributed by atoms with Crippen molar-refractivity contribution < 1.29 is 8.91 Å². The largest absolute Gasteiger partial charge is 0.399 e. The predicted octanol–water partition coefficient (Wildman–Crippen LogP) is 3.78. The van der Waals surface area contributed by atoms with E-state index >= 15 is 0 Å². The summed E-state index contributed by atoms with van der Waals surface area (Å²) in [6.07, 6.45) is 0. The van der Waals surface area contributed by atoms with Gasteiger partial charge in [0.2, 0.25) is 5.82 Å². The highest BCUT2D eigenvalue weighted by atomic mass is 35.5. The van der Waals surface area contributed by atoms with Gasteiger partial charge in [0.1, 0.15) is 5.82 Å². The van der Waals surface area contributed by atoms with Crippen LogP contribution in [0.3, 0.4) is 0 Å². The van der Waals surface area contributed by atoms with Crippen LogP contribution in [0.15, 0.2) is 47.0 Å². The molecule has 0 bridgehead atoms. The van der Waals surface area contributed by atoms with Crippen LogP contribution in [-0.4, -0.2) is 10.1 Å². The van der Waals surface area contributed by atoms with Gasteiger partial charge in [0, 0.05) is 16.3 Å². The number of hydrogen-bond acceptors (Lipinski definition) is 4. The first-order valence-corrected chi connectivity index (χ1v) is 6.16. The number of nitrogens with zero attached hydrogens (tertiary/aromatic N) is 2. The molecule has 0 atom stereocenters. The number of nitrogen functional groups attached to an aromatic ring is 1. The molecule has 1 aromatic heterocycles. The van der Waals surface area contributed by atoms with Crippen molar-refractivity contribution in [2.45, 2.75) is 0 Å². The van der Waals surface area contributed by atoms with Gasteiger partial charge in [0.05, 0.1) is 5.56 Å². The summed E-state index contributed by atoms with van der Waals surface area (Å²) < 4.78 is 18.9. The van der Waals surface area contributed by atoms with E-state index in [-0.39, 0.29) is 11.5 Å². The normalized spacial score (nSPS) is 10.7. The first-order valence-electron chi connectivity index (χ1n) is 5.78.